The van der Waals surface area contributed by atoms with E-state index in [0.717, 1.165) is 45.4 Å². The molecule has 2 aliphatic heterocycles. The molecule has 4 heteroatoms. The Hall–Kier alpha value is -0.610. The third kappa shape index (κ3) is 2.38. The highest BCUT2D eigenvalue weighted by Crippen LogP contribution is 2.22. The fourth-order valence-corrected chi connectivity index (χ4v) is 2.66. The Morgan fingerprint density at radius 3 is 2.94 bits per heavy atom. The van der Waals surface area contributed by atoms with Crippen molar-refractivity contribution in [2.75, 3.05) is 19.7 Å². The maximum atomic E-state index is 12.1. The molecular formula is C12H22N2O2. The fourth-order valence-electron chi connectivity index (χ4n) is 2.66. The van der Waals surface area contributed by atoms with E-state index in [2.05, 4.69) is 6.92 Å². The van der Waals surface area contributed by atoms with Gasteiger partial charge in [-0.3, -0.25) is 4.79 Å². The Labute approximate surface area is 97.1 Å². The van der Waals surface area contributed by atoms with Gasteiger partial charge in [-0.25, -0.2) is 0 Å². The molecule has 0 bridgehead atoms. The van der Waals surface area contributed by atoms with E-state index in [1.807, 2.05) is 4.90 Å². The Bertz CT molecular complexity index is 251. The first-order valence-electron chi connectivity index (χ1n) is 6.38. The van der Waals surface area contributed by atoms with Gasteiger partial charge in [0.15, 0.2) is 0 Å². The molecule has 2 fully saturated rings. The van der Waals surface area contributed by atoms with Crippen molar-refractivity contribution in [1.82, 2.24) is 4.90 Å². The van der Waals surface area contributed by atoms with Crippen molar-refractivity contribution in [3.05, 3.63) is 0 Å². The van der Waals surface area contributed by atoms with Crippen LogP contribution in [-0.2, 0) is 9.53 Å². The van der Waals surface area contributed by atoms with Gasteiger partial charge in [0.25, 0.3) is 5.91 Å². The van der Waals surface area contributed by atoms with E-state index in [1.54, 1.807) is 0 Å². The summed E-state index contributed by atoms with van der Waals surface area (Å²) in [5.74, 6) is 0.641. The van der Waals surface area contributed by atoms with Crippen LogP contribution in [0.1, 0.15) is 32.6 Å². The van der Waals surface area contributed by atoms with Crippen LogP contribution in [0.2, 0.25) is 0 Å². The first-order chi connectivity index (χ1) is 7.72. The highest BCUT2D eigenvalue weighted by atomic mass is 16.5. The van der Waals surface area contributed by atoms with Crippen molar-refractivity contribution >= 4 is 5.91 Å². The van der Waals surface area contributed by atoms with Gasteiger partial charge in [-0.2, -0.15) is 0 Å². The molecule has 0 aromatic rings. The van der Waals surface area contributed by atoms with E-state index in [4.69, 9.17) is 10.5 Å². The summed E-state index contributed by atoms with van der Waals surface area (Å²) in [5, 5.41) is 0. The number of likely N-dealkylation sites (tertiary alicyclic amines) is 1. The number of nitrogens with two attached hydrogens (primary N) is 1. The Kier molecular flexibility index (Phi) is 3.82. The van der Waals surface area contributed by atoms with E-state index >= 15 is 0 Å². The predicted molar refractivity (Wildman–Crippen MR) is 61.9 cm³/mol. The number of carbonyl (C=O) groups excluding carboxylic acids is 1. The zero-order valence-electron chi connectivity index (χ0n) is 10.0. The van der Waals surface area contributed by atoms with E-state index in [1.165, 1.54) is 0 Å². The van der Waals surface area contributed by atoms with E-state index in [9.17, 15) is 4.79 Å². The molecule has 16 heavy (non-hydrogen) atoms. The molecule has 1 amide bonds. The van der Waals surface area contributed by atoms with Crippen LogP contribution in [0.5, 0.6) is 0 Å². The average molecular weight is 226 g/mol. The van der Waals surface area contributed by atoms with Crippen molar-refractivity contribution in [1.29, 1.82) is 0 Å². The molecule has 2 unspecified atom stereocenters. The smallest absolute Gasteiger partial charge is 0.251 e. The summed E-state index contributed by atoms with van der Waals surface area (Å²) in [5.41, 5.74) is 6.04. The minimum absolute atomic E-state index is 0.174. The van der Waals surface area contributed by atoms with Gasteiger partial charge in [0.1, 0.15) is 6.10 Å². The number of rotatable bonds is 2. The summed E-state index contributed by atoms with van der Waals surface area (Å²) < 4.78 is 5.44. The molecule has 2 saturated heterocycles. The summed E-state index contributed by atoms with van der Waals surface area (Å²) in [4.78, 5) is 14.1. The molecule has 2 N–H and O–H groups in total. The van der Waals surface area contributed by atoms with Gasteiger partial charge in [-0.1, -0.05) is 13.3 Å². The molecule has 3 atom stereocenters. The molecule has 2 rings (SSSR count). The minimum atomic E-state index is -0.174. The lowest BCUT2D eigenvalue weighted by atomic mass is 9.90. The van der Waals surface area contributed by atoms with Gasteiger partial charge in [-0.05, 0) is 25.2 Å². The molecule has 0 radical (unpaired) electrons. The molecular weight excluding hydrogens is 204 g/mol. The average Bonchev–Trinajstić information content (AvgIpc) is 2.82. The van der Waals surface area contributed by atoms with E-state index < -0.39 is 0 Å². The summed E-state index contributed by atoms with van der Waals surface area (Å²) in [6, 6.07) is 0.263. The maximum absolute atomic E-state index is 12.1. The van der Waals surface area contributed by atoms with Crippen LogP contribution >= 0.6 is 0 Å². The second-order valence-corrected chi connectivity index (χ2v) is 4.91. The van der Waals surface area contributed by atoms with Crippen LogP contribution in [0, 0.1) is 5.92 Å². The Balaban J connectivity index is 1.91. The molecule has 2 aliphatic rings. The molecule has 0 aromatic carbocycles. The lowest BCUT2D eigenvalue weighted by molar-refractivity contribution is -0.143. The number of hydrogen-bond acceptors (Lipinski definition) is 3. The zero-order valence-corrected chi connectivity index (χ0v) is 10.0. The quantitative estimate of drug-likeness (QED) is 0.756. The summed E-state index contributed by atoms with van der Waals surface area (Å²) in [6.45, 7) is 4.50. The van der Waals surface area contributed by atoms with Crippen molar-refractivity contribution < 1.29 is 9.53 Å². The normalized spacial score (nSPS) is 35.4. The molecule has 92 valence electrons. The lowest BCUT2D eigenvalue weighted by Gasteiger charge is -2.37. The third-order valence-corrected chi connectivity index (χ3v) is 3.83. The third-order valence-electron chi connectivity index (χ3n) is 3.83. The highest BCUT2D eigenvalue weighted by molar-refractivity contribution is 5.81. The second-order valence-electron chi connectivity index (χ2n) is 4.91. The monoisotopic (exact) mass is 226 g/mol. The van der Waals surface area contributed by atoms with Gasteiger partial charge in [0, 0.05) is 25.7 Å². The lowest BCUT2D eigenvalue weighted by Crippen LogP contribution is -2.51. The van der Waals surface area contributed by atoms with Gasteiger partial charge >= 0.3 is 0 Å². The molecule has 0 saturated carbocycles. The number of ether oxygens (including phenoxy) is 1. The van der Waals surface area contributed by atoms with Gasteiger partial charge in [0.2, 0.25) is 0 Å². The number of amides is 1. The highest BCUT2D eigenvalue weighted by Gasteiger charge is 2.33. The molecule has 0 spiro atoms. The van der Waals surface area contributed by atoms with Crippen LogP contribution in [0.3, 0.4) is 0 Å². The summed E-state index contributed by atoms with van der Waals surface area (Å²) in [7, 11) is 0. The van der Waals surface area contributed by atoms with Gasteiger partial charge < -0.3 is 15.4 Å². The van der Waals surface area contributed by atoms with E-state index in [0.29, 0.717) is 5.92 Å². The second kappa shape index (κ2) is 5.15. The van der Waals surface area contributed by atoms with Crippen molar-refractivity contribution in [2.24, 2.45) is 11.7 Å². The van der Waals surface area contributed by atoms with Crippen molar-refractivity contribution in [3.8, 4) is 0 Å². The SMILES string of the molecule is CCC1CN(C(=O)[C@@H]2CCCO2)CCC1N. The van der Waals surface area contributed by atoms with Crippen LogP contribution in [0.15, 0.2) is 0 Å². The maximum Gasteiger partial charge on any atom is 0.251 e. The Morgan fingerprint density at radius 2 is 2.31 bits per heavy atom. The Morgan fingerprint density at radius 1 is 1.50 bits per heavy atom. The molecule has 2 heterocycles. The van der Waals surface area contributed by atoms with Crippen LogP contribution in [0.4, 0.5) is 0 Å². The fraction of sp³-hybridized carbons (Fsp3) is 0.917. The largest absolute Gasteiger partial charge is 0.368 e. The summed E-state index contributed by atoms with van der Waals surface area (Å²) in [6.07, 6.45) is 3.71. The summed E-state index contributed by atoms with van der Waals surface area (Å²) >= 11 is 0. The zero-order chi connectivity index (χ0) is 11.5. The van der Waals surface area contributed by atoms with Gasteiger partial charge in [-0.15, -0.1) is 0 Å². The van der Waals surface area contributed by atoms with Crippen molar-refractivity contribution in [3.63, 3.8) is 0 Å². The van der Waals surface area contributed by atoms with Crippen LogP contribution in [-0.4, -0.2) is 42.6 Å². The van der Waals surface area contributed by atoms with Gasteiger partial charge in [0.05, 0.1) is 0 Å². The van der Waals surface area contributed by atoms with Crippen molar-refractivity contribution in [2.45, 2.75) is 44.8 Å². The first kappa shape index (κ1) is 11.9. The molecule has 0 aromatic heterocycles. The standard InChI is InChI=1S/C12H22N2O2/c1-2-9-8-14(6-5-10(9)13)12(15)11-4-3-7-16-11/h9-11H,2-8,13H2,1H3/t9?,10?,11-/m0/s1. The van der Waals surface area contributed by atoms with Crippen LogP contribution < -0.4 is 5.73 Å². The minimum Gasteiger partial charge on any atom is -0.368 e. The number of carbonyl (C=O) groups is 1. The van der Waals surface area contributed by atoms with E-state index in [-0.39, 0.29) is 18.1 Å². The molecule has 4 nitrogen and oxygen atoms in total. The predicted octanol–water partition coefficient (Wildman–Crippen LogP) is 0.751. The van der Waals surface area contributed by atoms with Crippen LogP contribution in [0.25, 0.3) is 0 Å². The number of nitrogens with zero attached hydrogens (tertiary/aromatic N) is 1. The first-order valence-corrected chi connectivity index (χ1v) is 6.38. The number of piperidine rings is 1. The number of hydrogen-bond donors (Lipinski definition) is 1. The molecule has 0 aliphatic carbocycles. The topological polar surface area (TPSA) is 55.6 Å².